The maximum atomic E-state index is 14.4. The van der Waals surface area contributed by atoms with Gasteiger partial charge in [-0.1, -0.05) is 53.2 Å². The number of rotatable bonds is 9. The minimum Gasteiger partial charge on any atom is -0.462 e. The predicted octanol–water partition coefficient (Wildman–Crippen LogP) is 3.93. The largest absolute Gasteiger partial charge is 0.462 e. The Morgan fingerprint density at radius 3 is 2.29 bits per heavy atom. The standard InChI is InChI=1S/C43H68O13/c1-21(2)18-24(53-23(4)44)19-42(9)29-13-16-41(8)26-10-11-28-39(5,6)30(14-15-40(28,7)25(26)12-17-43(29,41)38(50)56-42)54-37-35(32(47)27(45)20-51-37)55-36-34(49)33(48)31(46)22(3)52-36/h10,21-22,24-25,27-37,45-49H,11-20H2,1-9H3/t22-,24+,25-,27-,28?,29-,30+,31-,32+,33+,34-,35-,36+,37+,40-,41+,42+,43-/m1/s1. The van der Waals surface area contributed by atoms with Crippen molar-refractivity contribution in [2.24, 2.45) is 45.3 Å². The molecular weight excluding hydrogens is 724 g/mol. The second kappa shape index (κ2) is 14.8. The van der Waals surface area contributed by atoms with E-state index in [-0.39, 0.29) is 64.8 Å². The Kier molecular flexibility index (Phi) is 11.2. The van der Waals surface area contributed by atoms with Crippen molar-refractivity contribution in [1.82, 2.24) is 0 Å². The highest BCUT2D eigenvalue weighted by molar-refractivity contribution is 5.83. The minimum atomic E-state index is -1.60. The summed E-state index contributed by atoms with van der Waals surface area (Å²) in [5.41, 5.74) is -0.730. The number of hydrogen-bond acceptors (Lipinski definition) is 13. The summed E-state index contributed by atoms with van der Waals surface area (Å²) in [6, 6.07) is 0. The van der Waals surface area contributed by atoms with Crippen molar-refractivity contribution < 1.29 is 63.5 Å². The van der Waals surface area contributed by atoms with Crippen LogP contribution < -0.4 is 0 Å². The Hall–Kier alpha value is -1.68. The Morgan fingerprint density at radius 1 is 0.893 bits per heavy atom. The van der Waals surface area contributed by atoms with E-state index in [0.29, 0.717) is 25.2 Å². The summed E-state index contributed by atoms with van der Waals surface area (Å²) in [6.07, 6.45) is -2.89. The van der Waals surface area contributed by atoms with Crippen LogP contribution in [0, 0.1) is 45.3 Å². The van der Waals surface area contributed by atoms with Gasteiger partial charge in [0.05, 0.1) is 24.2 Å². The van der Waals surface area contributed by atoms with Gasteiger partial charge in [-0.3, -0.25) is 9.59 Å². The number of allylic oxidation sites excluding steroid dienone is 2. The van der Waals surface area contributed by atoms with E-state index in [1.54, 1.807) is 6.92 Å². The Morgan fingerprint density at radius 2 is 1.61 bits per heavy atom. The third-order valence-electron chi connectivity index (χ3n) is 16.1. The monoisotopic (exact) mass is 792 g/mol. The van der Waals surface area contributed by atoms with E-state index in [4.69, 9.17) is 28.4 Å². The first-order chi connectivity index (χ1) is 26.1. The molecular formula is C43H68O13. The summed E-state index contributed by atoms with van der Waals surface area (Å²) in [5.74, 6) is 0.448. The number of carbonyl (C=O) groups excluding carboxylic acids is 2. The van der Waals surface area contributed by atoms with Crippen LogP contribution in [0.4, 0.5) is 0 Å². The van der Waals surface area contributed by atoms with Crippen molar-refractivity contribution in [3.8, 4) is 0 Å². The normalized spacial score (nSPS) is 50.2. The van der Waals surface area contributed by atoms with Crippen molar-refractivity contribution in [2.75, 3.05) is 6.61 Å². The first-order valence-corrected chi connectivity index (χ1v) is 21.2. The van der Waals surface area contributed by atoms with Crippen LogP contribution in [0.15, 0.2) is 11.6 Å². The van der Waals surface area contributed by atoms with Crippen LogP contribution in [0.2, 0.25) is 0 Å². The lowest BCUT2D eigenvalue weighted by molar-refractivity contribution is -0.363. The van der Waals surface area contributed by atoms with E-state index in [9.17, 15) is 35.1 Å². The smallest absolute Gasteiger partial charge is 0.313 e. The Balaban J connectivity index is 1.11. The van der Waals surface area contributed by atoms with Crippen LogP contribution in [-0.2, 0) is 38.0 Å². The van der Waals surface area contributed by atoms with Gasteiger partial charge in [0.25, 0.3) is 0 Å². The van der Waals surface area contributed by atoms with Crippen molar-refractivity contribution in [1.29, 1.82) is 0 Å². The molecule has 3 saturated heterocycles. The topological polar surface area (TPSA) is 191 Å². The van der Waals surface area contributed by atoms with E-state index in [1.807, 2.05) is 0 Å². The first-order valence-electron chi connectivity index (χ1n) is 21.2. The number of carbonyl (C=O) groups is 2. The van der Waals surface area contributed by atoms with Gasteiger partial charge in [-0.05, 0) is 93.8 Å². The third-order valence-corrected chi connectivity index (χ3v) is 16.1. The molecule has 1 spiro atoms. The molecule has 3 heterocycles. The summed E-state index contributed by atoms with van der Waals surface area (Å²) in [4.78, 5) is 26.5. The molecule has 3 saturated carbocycles. The maximum absolute atomic E-state index is 14.4. The summed E-state index contributed by atoms with van der Waals surface area (Å²) in [5, 5.41) is 52.9. The highest BCUT2D eigenvalue weighted by Crippen LogP contribution is 2.76. The molecule has 0 amide bonds. The Bertz CT molecular complexity index is 1530. The average molecular weight is 793 g/mol. The van der Waals surface area contributed by atoms with Gasteiger partial charge in [0, 0.05) is 24.7 Å². The molecule has 0 radical (unpaired) electrons. The van der Waals surface area contributed by atoms with Gasteiger partial charge in [0.2, 0.25) is 0 Å². The van der Waals surface area contributed by atoms with Gasteiger partial charge in [-0.2, -0.15) is 0 Å². The van der Waals surface area contributed by atoms with Gasteiger partial charge in [-0.15, -0.1) is 0 Å². The molecule has 0 aromatic carbocycles. The van der Waals surface area contributed by atoms with Crippen LogP contribution in [0.5, 0.6) is 0 Å². The highest BCUT2D eigenvalue weighted by atomic mass is 16.8. The molecule has 0 bridgehead atoms. The molecule has 13 nitrogen and oxygen atoms in total. The number of cyclic esters (lactones) is 1. The van der Waals surface area contributed by atoms with E-state index >= 15 is 0 Å². The van der Waals surface area contributed by atoms with E-state index in [1.165, 1.54) is 12.5 Å². The van der Waals surface area contributed by atoms with Crippen molar-refractivity contribution in [2.45, 2.75) is 193 Å². The van der Waals surface area contributed by atoms with Crippen LogP contribution in [0.25, 0.3) is 0 Å². The molecule has 7 aliphatic rings. The summed E-state index contributed by atoms with van der Waals surface area (Å²) >= 11 is 0. The quantitative estimate of drug-likeness (QED) is 0.167. The summed E-state index contributed by atoms with van der Waals surface area (Å²) < 4.78 is 36.7. The molecule has 3 aliphatic heterocycles. The molecule has 5 N–H and O–H groups in total. The maximum Gasteiger partial charge on any atom is 0.313 e. The average Bonchev–Trinajstić information content (AvgIpc) is 3.55. The van der Waals surface area contributed by atoms with Crippen LogP contribution in [0.3, 0.4) is 0 Å². The summed E-state index contributed by atoms with van der Waals surface area (Å²) in [7, 11) is 0. The first kappa shape index (κ1) is 42.4. The lowest BCUT2D eigenvalue weighted by Crippen LogP contribution is -2.63. The third kappa shape index (κ3) is 6.53. The van der Waals surface area contributed by atoms with E-state index in [0.717, 1.165) is 38.5 Å². The fourth-order valence-corrected chi connectivity index (χ4v) is 13.4. The molecule has 18 atom stereocenters. The van der Waals surface area contributed by atoms with E-state index in [2.05, 4.69) is 54.5 Å². The van der Waals surface area contributed by atoms with Gasteiger partial charge < -0.3 is 54.0 Å². The highest BCUT2D eigenvalue weighted by Gasteiger charge is 2.76. The summed E-state index contributed by atoms with van der Waals surface area (Å²) in [6.45, 7) is 18.3. The molecule has 6 fully saturated rings. The molecule has 7 rings (SSSR count). The number of aliphatic hydroxyl groups is 5. The van der Waals surface area contributed by atoms with Gasteiger partial charge in [0.1, 0.15) is 48.3 Å². The van der Waals surface area contributed by atoms with Crippen LogP contribution >= 0.6 is 0 Å². The van der Waals surface area contributed by atoms with Gasteiger partial charge in [0.15, 0.2) is 12.6 Å². The van der Waals surface area contributed by atoms with Crippen LogP contribution in [0.1, 0.15) is 120 Å². The van der Waals surface area contributed by atoms with Crippen molar-refractivity contribution >= 4 is 11.9 Å². The second-order valence-corrected chi connectivity index (χ2v) is 20.2. The molecule has 4 aliphatic carbocycles. The lowest BCUT2D eigenvalue weighted by Gasteiger charge is -2.64. The zero-order valence-electron chi connectivity index (χ0n) is 34.8. The fraction of sp³-hybridized carbons (Fsp3) is 0.907. The molecule has 0 aromatic heterocycles. The fourth-order valence-electron chi connectivity index (χ4n) is 13.4. The minimum absolute atomic E-state index is 0.0295. The van der Waals surface area contributed by atoms with E-state index < -0.39 is 66.3 Å². The molecule has 0 aromatic rings. The number of hydrogen-bond donors (Lipinski definition) is 5. The Labute approximate surface area is 331 Å². The predicted molar refractivity (Wildman–Crippen MR) is 201 cm³/mol. The lowest BCUT2D eigenvalue weighted by atomic mass is 9.41. The van der Waals surface area contributed by atoms with Gasteiger partial charge in [-0.25, -0.2) is 0 Å². The zero-order chi connectivity index (χ0) is 40.9. The van der Waals surface area contributed by atoms with Crippen molar-refractivity contribution in [3.05, 3.63) is 11.6 Å². The number of aliphatic hydroxyl groups excluding tert-OH is 5. The van der Waals surface area contributed by atoms with Crippen LogP contribution in [-0.4, -0.2) is 117 Å². The van der Waals surface area contributed by atoms with Crippen molar-refractivity contribution in [3.63, 3.8) is 0 Å². The number of ether oxygens (including phenoxy) is 6. The molecule has 13 heteroatoms. The number of fused-ring (bicyclic) bond motifs is 4. The molecule has 56 heavy (non-hydrogen) atoms. The zero-order valence-corrected chi connectivity index (χ0v) is 34.8. The second-order valence-electron chi connectivity index (χ2n) is 20.2. The van der Waals surface area contributed by atoms with Gasteiger partial charge >= 0.3 is 11.9 Å². The number of esters is 2. The molecule has 318 valence electrons. The molecule has 1 unspecified atom stereocenters. The SMILES string of the molecule is CC(=O)O[C@@H](CC(C)C)C[C@]1(C)OC(=O)[C@]23CC[C@@H]4C(=CCC5C(C)(C)[C@@H](O[C@@H]6OC[C@@H](O)[C@H](O)[C@H]6O[C@@H]6O[C@H](C)[C@@H](O)[C@H](O)[C@H]6O)CC[C@@]54C)[C@]2(C)CC[C@@H]31.